The van der Waals surface area contributed by atoms with Crippen LogP contribution >= 0.6 is 28.3 Å². The lowest BCUT2D eigenvalue weighted by Gasteiger charge is -2.17. The fraction of sp³-hybridized carbons (Fsp3) is 0.538. The largest absolute Gasteiger partial charge is 0.319 e. The second kappa shape index (κ2) is 7.22. The van der Waals surface area contributed by atoms with E-state index < -0.39 is 10.0 Å². The highest BCUT2D eigenvalue weighted by Gasteiger charge is 2.32. The lowest BCUT2D eigenvalue weighted by molar-refractivity contribution is 0.451. The second-order valence-corrected chi connectivity index (χ2v) is 7.78. The van der Waals surface area contributed by atoms with Gasteiger partial charge in [0.2, 0.25) is 10.0 Å². The van der Waals surface area contributed by atoms with Crippen molar-refractivity contribution in [1.29, 1.82) is 0 Å². The number of halogens is 2. The van der Waals surface area contributed by atoms with E-state index in [1.54, 1.807) is 22.5 Å². The molecule has 2 rings (SSSR count). The first-order chi connectivity index (χ1) is 8.95. The predicted molar refractivity (Wildman–Crippen MR) is 86.9 cm³/mol. The van der Waals surface area contributed by atoms with Crippen LogP contribution in [0.2, 0.25) is 0 Å². The highest BCUT2D eigenvalue weighted by atomic mass is 79.9. The number of aryl methyl sites for hydroxylation is 1. The van der Waals surface area contributed by atoms with Crippen molar-refractivity contribution >= 4 is 38.4 Å². The van der Waals surface area contributed by atoms with Crippen molar-refractivity contribution in [1.82, 2.24) is 9.62 Å². The molecule has 1 atom stereocenters. The highest BCUT2D eigenvalue weighted by molar-refractivity contribution is 9.10. The number of rotatable bonds is 4. The molecule has 4 nitrogen and oxygen atoms in total. The van der Waals surface area contributed by atoms with Crippen molar-refractivity contribution in [2.24, 2.45) is 5.92 Å². The van der Waals surface area contributed by atoms with E-state index in [0.717, 1.165) is 23.0 Å². The zero-order valence-corrected chi connectivity index (χ0v) is 14.8. The molecule has 114 valence electrons. The molecule has 1 heterocycles. The van der Waals surface area contributed by atoms with Gasteiger partial charge in [0.15, 0.2) is 0 Å². The fourth-order valence-corrected chi connectivity index (χ4v) is 4.26. The Hall–Kier alpha value is -0.140. The molecule has 1 aromatic carbocycles. The van der Waals surface area contributed by atoms with Crippen LogP contribution in [-0.2, 0) is 10.0 Å². The minimum atomic E-state index is -3.34. The lowest BCUT2D eigenvalue weighted by atomic mass is 10.1. The first kappa shape index (κ1) is 17.9. The van der Waals surface area contributed by atoms with Gasteiger partial charge in [0.25, 0.3) is 0 Å². The second-order valence-electron chi connectivity index (χ2n) is 4.99. The number of benzene rings is 1. The third kappa shape index (κ3) is 3.74. The summed E-state index contributed by atoms with van der Waals surface area (Å²) < 4.78 is 27.6. The van der Waals surface area contributed by atoms with Crippen LogP contribution in [0.4, 0.5) is 0 Å². The molecule has 1 aromatic rings. The molecule has 0 radical (unpaired) electrons. The third-order valence-corrected chi connectivity index (χ3v) is 6.26. The van der Waals surface area contributed by atoms with Crippen LogP contribution in [0.25, 0.3) is 0 Å². The minimum absolute atomic E-state index is 0. The van der Waals surface area contributed by atoms with E-state index in [4.69, 9.17) is 0 Å². The normalized spacial score (nSPS) is 19.9. The topological polar surface area (TPSA) is 49.4 Å². The Morgan fingerprint density at radius 1 is 1.45 bits per heavy atom. The van der Waals surface area contributed by atoms with E-state index in [1.165, 1.54) is 0 Å². The molecule has 1 N–H and O–H groups in total. The van der Waals surface area contributed by atoms with Gasteiger partial charge < -0.3 is 5.32 Å². The molecule has 1 saturated heterocycles. The van der Waals surface area contributed by atoms with Crippen molar-refractivity contribution in [3.05, 3.63) is 28.2 Å². The smallest absolute Gasteiger partial charge is 0.243 e. The third-order valence-electron chi connectivity index (χ3n) is 3.51. The van der Waals surface area contributed by atoms with Crippen LogP contribution in [-0.4, -0.2) is 39.4 Å². The van der Waals surface area contributed by atoms with E-state index in [9.17, 15) is 8.42 Å². The number of nitrogens with zero attached hydrogens (tertiary/aromatic N) is 1. The van der Waals surface area contributed by atoms with Gasteiger partial charge in [0.1, 0.15) is 0 Å². The standard InChI is InChI=1S/C13H19BrN2O2S.ClH/c1-10-7-12(3-4-13(10)14)19(17,18)16-6-5-11(9-16)8-15-2;/h3-4,7,11,15H,5-6,8-9H2,1-2H3;1H. The summed E-state index contributed by atoms with van der Waals surface area (Å²) in [4.78, 5) is 0.387. The molecule has 1 aliphatic heterocycles. The molecule has 7 heteroatoms. The molecule has 0 amide bonds. The predicted octanol–water partition coefficient (Wildman–Crippen LogP) is 2.41. The number of sulfonamides is 1. The number of hydrogen-bond acceptors (Lipinski definition) is 3. The summed E-state index contributed by atoms with van der Waals surface area (Å²) in [6.07, 6.45) is 0.926. The van der Waals surface area contributed by atoms with Crippen LogP contribution in [0.15, 0.2) is 27.6 Å². The van der Waals surface area contributed by atoms with Gasteiger partial charge in [-0.15, -0.1) is 12.4 Å². The number of nitrogens with one attached hydrogen (secondary N) is 1. The average Bonchev–Trinajstić information content (AvgIpc) is 2.82. The van der Waals surface area contributed by atoms with Gasteiger partial charge in [-0.1, -0.05) is 15.9 Å². The molecule has 0 spiro atoms. The van der Waals surface area contributed by atoms with Gasteiger partial charge in [-0.05, 0) is 56.6 Å². The molecular weight excluding hydrogens is 364 g/mol. The Labute approximate surface area is 135 Å². The molecule has 0 saturated carbocycles. The van der Waals surface area contributed by atoms with Crippen LogP contribution < -0.4 is 5.32 Å². The average molecular weight is 384 g/mol. The Kier molecular flexibility index (Phi) is 6.47. The van der Waals surface area contributed by atoms with Crippen molar-refractivity contribution in [3.63, 3.8) is 0 Å². The Morgan fingerprint density at radius 2 is 2.15 bits per heavy atom. The quantitative estimate of drug-likeness (QED) is 0.868. The van der Waals surface area contributed by atoms with Gasteiger partial charge in [-0.2, -0.15) is 4.31 Å². The van der Waals surface area contributed by atoms with Crippen LogP contribution in [0.1, 0.15) is 12.0 Å². The van der Waals surface area contributed by atoms with E-state index in [0.29, 0.717) is 23.9 Å². The maximum atomic E-state index is 12.5. The zero-order valence-electron chi connectivity index (χ0n) is 11.6. The summed E-state index contributed by atoms with van der Waals surface area (Å²) in [7, 11) is -1.45. The van der Waals surface area contributed by atoms with Crippen LogP contribution in [0.3, 0.4) is 0 Å². The summed E-state index contributed by atoms with van der Waals surface area (Å²) in [5, 5.41) is 3.11. The van der Waals surface area contributed by atoms with Crippen molar-refractivity contribution in [2.75, 3.05) is 26.7 Å². The van der Waals surface area contributed by atoms with Crippen molar-refractivity contribution in [2.45, 2.75) is 18.2 Å². The van der Waals surface area contributed by atoms with Gasteiger partial charge in [-0.25, -0.2) is 8.42 Å². The van der Waals surface area contributed by atoms with E-state index >= 15 is 0 Å². The van der Waals surface area contributed by atoms with E-state index in [-0.39, 0.29) is 12.4 Å². The Bertz CT molecular complexity index is 565. The lowest BCUT2D eigenvalue weighted by Crippen LogP contribution is -2.30. The van der Waals surface area contributed by atoms with Crippen LogP contribution in [0, 0.1) is 12.8 Å². The first-order valence-corrected chi connectivity index (χ1v) is 8.59. The first-order valence-electron chi connectivity index (χ1n) is 6.36. The molecule has 0 bridgehead atoms. The van der Waals surface area contributed by atoms with Gasteiger partial charge in [-0.3, -0.25) is 0 Å². The monoisotopic (exact) mass is 382 g/mol. The Morgan fingerprint density at radius 3 is 2.75 bits per heavy atom. The van der Waals surface area contributed by atoms with Gasteiger partial charge in [0, 0.05) is 17.6 Å². The summed E-state index contributed by atoms with van der Waals surface area (Å²) in [6, 6.07) is 5.19. The van der Waals surface area contributed by atoms with Gasteiger partial charge in [0.05, 0.1) is 4.90 Å². The molecule has 0 aromatic heterocycles. The van der Waals surface area contributed by atoms with Gasteiger partial charge >= 0.3 is 0 Å². The SMILES string of the molecule is CNCC1CCN(S(=O)(=O)c2ccc(Br)c(C)c2)C1.Cl. The maximum Gasteiger partial charge on any atom is 0.243 e. The molecule has 1 aliphatic rings. The van der Waals surface area contributed by atoms with Crippen molar-refractivity contribution < 1.29 is 8.42 Å². The summed E-state index contributed by atoms with van der Waals surface area (Å²) >= 11 is 3.39. The summed E-state index contributed by atoms with van der Waals surface area (Å²) in [5.74, 6) is 0.413. The highest BCUT2D eigenvalue weighted by Crippen LogP contribution is 2.26. The molecule has 1 unspecified atom stereocenters. The molecule has 20 heavy (non-hydrogen) atoms. The molecular formula is C13H20BrClN2O2S. The fourth-order valence-electron chi connectivity index (χ4n) is 2.40. The van der Waals surface area contributed by atoms with Crippen molar-refractivity contribution in [3.8, 4) is 0 Å². The van der Waals surface area contributed by atoms with E-state index in [2.05, 4.69) is 21.2 Å². The number of hydrogen-bond donors (Lipinski definition) is 1. The Balaban J connectivity index is 0.00000200. The maximum absolute atomic E-state index is 12.5. The molecule has 1 fully saturated rings. The van der Waals surface area contributed by atoms with Crippen LogP contribution in [0.5, 0.6) is 0 Å². The van der Waals surface area contributed by atoms with E-state index in [1.807, 2.05) is 14.0 Å². The minimum Gasteiger partial charge on any atom is -0.319 e. The summed E-state index contributed by atoms with van der Waals surface area (Å²) in [5.41, 5.74) is 0.937. The summed E-state index contributed by atoms with van der Waals surface area (Å²) in [6.45, 7) is 3.99. The molecule has 0 aliphatic carbocycles. The zero-order chi connectivity index (χ0) is 14.0.